The van der Waals surface area contributed by atoms with Crippen LogP contribution in [0.2, 0.25) is 5.28 Å². The number of ether oxygens (including phenoxy) is 1. The molecule has 1 aliphatic heterocycles. The number of halogens is 1. The lowest BCUT2D eigenvalue weighted by Crippen LogP contribution is -2.44. The molecule has 0 radical (unpaired) electrons. The van der Waals surface area contributed by atoms with Gasteiger partial charge in [-0.3, -0.25) is 4.79 Å². The Kier molecular flexibility index (Phi) is 5.00. The van der Waals surface area contributed by atoms with Crippen LogP contribution in [0.25, 0.3) is 22.3 Å². The van der Waals surface area contributed by atoms with Crippen molar-refractivity contribution in [1.82, 2.24) is 20.3 Å². The largest absolute Gasteiger partial charge is 0.377 e. The van der Waals surface area contributed by atoms with Gasteiger partial charge in [0.25, 0.3) is 5.91 Å². The van der Waals surface area contributed by atoms with E-state index in [0.717, 1.165) is 41.8 Å². The van der Waals surface area contributed by atoms with Gasteiger partial charge in [-0.15, -0.1) is 0 Å². The van der Waals surface area contributed by atoms with Gasteiger partial charge in [-0.1, -0.05) is 12.1 Å². The minimum Gasteiger partial charge on any atom is -0.377 e. The summed E-state index contributed by atoms with van der Waals surface area (Å²) in [6.45, 7) is 4.13. The summed E-state index contributed by atoms with van der Waals surface area (Å²) < 4.78 is 5.54. The van der Waals surface area contributed by atoms with E-state index in [1.54, 1.807) is 0 Å². The molecule has 8 heteroatoms. The third kappa shape index (κ3) is 3.82. The van der Waals surface area contributed by atoms with Crippen molar-refractivity contribution in [2.24, 2.45) is 0 Å². The smallest absolute Gasteiger partial charge is 0.251 e. The average molecular weight is 424 g/mol. The summed E-state index contributed by atoms with van der Waals surface area (Å²) >= 11 is 6.24. The van der Waals surface area contributed by atoms with E-state index < -0.39 is 0 Å². The number of anilines is 1. The first-order valence-electron chi connectivity index (χ1n) is 10.2. The Morgan fingerprint density at radius 3 is 2.87 bits per heavy atom. The van der Waals surface area contributed by atoms with Crippen molar-refractivity contribution in [2.75, 3.05) is 24.7 Å². The zero-order valence-electron chi connectivity index (χ0n) is 16.6. The average Bonchev–Trinajstić information content (AvgIpc) is 3.57. The molecular formula is C22H22ClN5O2. The van der Waals surface area contributed by atoms with Crippen LogP contribution in [-0.4, -0.2) is 52.7 Å². The van der Waals surface area contributed by atoms with Crippen LogP contribution in [-0.2, 0) is 4.74 Å². The minimum absolute atomic E-state index is 0.0471. The lowest BCUT2D eigenvalue weighted by atomic mass is 10.1. The first-order valence-corrected chi connectivity index (χ1v) is 10.6. The van der Waals surface area contributed by atoms with Crippen molar-refractivity contribution in [3.63, 3.8) is 0 Å². The molecule has 3 aromatic rings. The molecule has 7 nitrogen and oxygen atoms in total. The first kappa shape index (κ1) is 19.2. The highest BCUT2D eigenvalue weighted by Crippen LogP contribution is 2.29. The van der Waals surface area contributed by atoms with Crippen LogP contribution in [0, 0.1) is 0 Å². The summed E-state index contributed by atoms with van der Waals surface area (Å²) in [6.07, 6.45) is 2.12. The minimum atomic E-state index is -0.0471. The number of fused-ring (bicyclic) bond motifs is 1. The molecule has 0 bridgehead atoms. The van der Waals surface area contributed by atoms with Gasteiger partial charge in [0, 0.05) is 23.7 Å². The predicted molar refractivity (Wildman–Crippen MR) is 116 cm³/mol. The van der Waals surface area contributed by atoms with Gasteiger partial charge in [0.15, 0.2) is 5.65 Å². The van der Waals surface area contributed by atoms with Gasteiger partial charge in [0.05, 0.1) is 30.3 Å². The van der Waals surface area contributed by atoms with Crippen LogP contribution in [0.15, 0.2) is 36.4 Å². The fourth-order valence-corrected chi connectivity index (χ4v) is 3.87. The fraction of sp³-hybridized carbons (Fsp3) is 0.364. The van der Waals surface area contributed by atoms with E-state index in [1.807, 2.05) is 36.4 Å². The Morgan fingerprint density at radius 1 is 1.20 bits per heavy atom. The van der Waals surface area contributed by atoms with Gasteiger partial charge in [-0.05, 0) is 55.6 Å². The second kappa shape index (κ2) is 7.81. The van der Waals surface area contributed by atoms with Gasteiger partial charge in [-0.2, -0.15) is 9.97 Å². The lowest BCUT2D eigenvalue weighted by Gasteiger charge is -2.34. The fourth-order valence-electron chi connectivity index (χ4n) is 3.71. The second-order valence-corrected chi connectivity index (χ2v) is 8.17. The number of amides is 1. The molecule has 0 unspecified atom stereocenters. The van der Waals surface area contributed by atoms with Crippen LogP contribution in [0.3, 0.4) is 0 Å². The maximum absolute atomic E-state index is 12.4. The van der Waals surface area contributed by atoms with Crippen LogP contribution in [0.5, 0.6) is 0 Å². The predicted octanol–water partition coefficient (Wildman–Crippen LogP) is 3.46. The van der Waals surface area contributed by atoms with Crippen molar-refractivity contribution < 1.29 is 9.53 Å². The molecule has 1 amide bonds. The highest BCUT2D eigenvalue weighted by molar-refractivity contribution is 6.28. The molecule has 2 fully saturated rings. The third-order valence-electron chi connectivity index (χ3n) is 5.49. The van der Waals surface area contributed by atoms with Gasteiger partial charge >= 0.3 is 0 Å². The number of aromatic nitrogens is 3. The van der Waals surface area contributed by atoms with E-state index in [9.17, 15) is 4.79 Å². The quantitative estimate of drug-likeness (QED) is 0.647. The van der Waals surface area contributed by atoms with Crippen molar-refractivity contribution in [3.05, 3.63) is 47.2 Å². The summed E-state index contributed by atoms with van der Waals surface area (Å²) in [6, 6.07) is 11.9. The number of carbonyl (C=O) groups is 1. The Bertz CT molecular complexity index is 1120. The van der Waals surface area contributed by atoms with E-state index >= 15 is 0 Å². The lowest BCUT2D eigenvalue weighted by molar-refractivity contribution is 0.0951. The molecule has 5 rings (SSSR count). The first-order chi connectivity index (χ1) is 14.6. The molecule has 1 aliphatic carbocycles. The van der Waals surface area contributed by atoms with E-state index in [2.05, 4.69) is 27.1 Å². The number of hydrogen-bond donors (Lipinski definition) is 1. The van der Waals surface area contributed by atoms with Crippen molar-refractivity contribution in [3.8, 4) is 11.3 Å². The number of nitrogens with zero attached hydrogens (tertiary/aromatic N) is 4. The molecule has 1 aromatic carbocycles. The van der Waals surface area contributed by atoms with Gasteiger partial charge in [0.2, 0.25) is 5.28 Å². The van der Waals surface area contributed by atoms with E-state index in [0.29, 0.717) is 30.5 Å². The monoisotopic (exact) mass is 423 g/mol. The van der Waals surface area contributed by atoms with Crippen molar-refractivity contribution in [1.29, 1.82) is 0 Å². The third-order valence-corrected chi connectivity index (χ3v) is 5.65. The Labute approximate surface area is 179 Å². The number of carbonyl (C=O) groups excluding carboxylic acids is 1. The molecule has 1 N–H and O–H groups in total. The maximum atomic E-state index is 12.4. The molecule has 2 aromatic heterocycles. The van der Waals surface area contributed by atoms with Crippen molar-refractivity contribution >= 4 is 34.4 Å². The number of rotatable bonds is 4. The number of benzene rings is 1. The Hall–Kier alpha value is -2.77. The number of nitrogens with one attached hydrogen (secondary N) is 1. The molecule has 1 atom stereocenters. The molecule has 3 heterocycles. The molecule has 1 saturated heterocycles. The van der Waals surface area contributed by atoms with Crippen LogP contribution in [0.1, 0.15) is 30.1 Å². The molecule has 30 heavy (non-hydrogen) atoms. The van der Waals surface area contributed by atoms with E-state index in [4.69, 9.17) is 21.3 Å². The molecule has 2 aliphatic rings. The maximum Gasteiger partial charge on any atom is 0.251 e. The number of hydrogen-bond acceptors (Lipinski definition) is 6. The normalized spacial score (nSPS) is 19.1. The number of pyridine rings is 1. The topological polar surface area (TPSA) is 80.2 Å². The van der Waals surface area contributed by atoms with Gasteiger partial charge in [0.1, 0.15) is 5.82 Å². The molecule has 154 valence electrons. The van der Waals surface area contributed by atoms with Gasteiger partial charge < -0.3 is 15.0 Å². The molecular weight excluding hydrogens is 402 g/mol. The standard InChI is InChI=1S/C22H22ClN5O2/c1-13-12-30-10-9-28(13)20-17-7-8-18(25-19(17)26-22(23)27-20)14-3-2-4-15(11-14)21(29)24-16-5-6-16/h2-4,7-8,11,13,16H,5-6,9-10,12H2,1H3,(H,24,29)/t13-/m0/s1. The summed E-state index contributed by atoms with van der Waals surface area (Å²) in [4.78, 5) is 28.2. The molecule has 0 spiro atoms. The van der Waals surface area contributed by atoms with Crippen LogP contribution < -0.4 is 10.2 Å². The molecule has 1 saturated carbocycles. The zero-order valence-corrected chi connectivity index (χ0v) is 17.4. The SMILES string of the molecule is C[C@H]1COCCN1c1nc(Cl)nc2nc(-c3cccc(C(=O)NC4CC4)c3)ccc12. The summed E-state index contributed by atoms with van der Waals surface area (Å²) in [5.74, 6) is 0.728. The Morgan fingerprint density at radius 2 is 2.07 bits per heavy atom. The summed E-state index contributed by atoms with van der Waals surface area (Å²) in [5.41, 5.74) is 2.76. The second-order valence-electron chi connectivity index (χ2n) is 7.83. The zero-order chi connectivity index (χ0) is 20.7. The summed E-state index contributed by atoms with van der Waals surface area (Å²) in [7, 11) is 0. The Balaban J connectivity index is 1.51. The van der Waals surface area contributed by atoms with Crippen LogP contribution >= 0.6 is 11.6 Å². The van der Waals surface area contributed by atoms with E-state index in [-0.39, 0.29) is 17.2 Å². The summed E-state index contributed by atoms with van der Waals surface area (Å²) in [5, 5.41) is 4.03. The highest BCUT2D eigenvalue weighted by Gasteiger charge is 2.25. The van der Waals surface area contributed by atoms with E-state index in [1.165, 1.54) is 0 Å². The van der Waals surface area contributed by atoms with Crippen LogP contribution in [0.4, 0.5) is 5.82 Å². The highest BCUT2D eigenvalue weighted by atomic mass is 35.5. The van der Waals surface area contributed by atoms with Gasteiger partial charge in [-0.25, -0.2) is 4.98 Å². The van der Waals surface area contributed by atoms with Crippen molar-refractivity contribution in [2.45, 2.75) is 31.8 Å². The number of morpholine rings is 1.